The number of piperidine rings is 1. The van der Waals surface area contributed by atoms with Gasteiger partial charge >= 0.3 is 0 Å². The molecule has 3 aliphatic heterocycles. The summed E-state index contributed by atoms with van der Waals surface area (Å²) in [6.07, 6.45) is 8.06. The van der Waals surface area contributed by atoms with E-state index in [4.69, 9.17) is 0 Å². The Morgan fingerprint density at radius 2 is 2.00 bits per heavy atom. The second-order valence-electron chi connectivity index (χ2n) is 7.90. The third-order valence-corrected chi connectivity index (χ3v) is 6.20. The molecule has 3 saturated heterocycles. The Balaban J connectivity index is 1.40. The van der Waals surface area contributed by atoms with Gasteiger partial charge in [0.2, 0.25) is 11.8 Å². The van der Waals surface area contributed by atoms with Crippen molar-refractivity contribution < 1.29 is 9.59 Å². The van der Waals surface area contributed by atoms with E-state index in [9.17, 15) is 9.59 Å². The fourth-order valence-electron chi connectivity index (χ4n) is 4.77. The first-order valence-electron chi connectivity index (χ1n) is 9.72. The van der Waals surface area contributed by atoms with Gasteiger partial charge in [-0.1, -0.05) is 0 Å². The zero-order chi connectivity index (χ0) is 17.4. The van der Waals surface area contributed by atoms with E-state index >= 15 is 0 Å². The van der Waals surface area contributed by atoms with E-state index in [0.717, 1.165) is 50.9 Å². The van der Waals surface area contributed by atoms with Crippen LogP contribution in [0.15, 0.2) is 0 Å². The normalized spacial score (nSPS) is 25.6. The smallest absolute Gasteiger partial charge is 0.223 e. The Morgan fingerprint density at radius 1 is 1.16 bits per heavy atom. The van der Waals surface area contributed by atoms with Crippen molar-refractivity contribution in [3.63, 3.8) is 0 Å². The third kappa shape index (κ3) is 3.31. The number of carbonyl (C=O) groups excluding carboxylic acids is 2. The van der Waals surface area contributed by atoms with Gasteiger partial charge in [0.25, 0.3) is 0 Å². The first kappa shape index (κ1) is 16.6. The van der Waals surface area contributed by atoms with Gasteiger partial charge in [-0.3, -0.25) is 14.7 Å². The lowest BCUT2D eigenvalue weighted by Gasteiger charge is -2.36. The number of rotatable bonds is 3. The van der Waals surface area contributed by atoms with Gasteiger partial charge < -0.3 is 9.80 Å². The molecule has 136 valence electrons. The molecule has 6 nitrogen and oxygen atoms in total. The minimum absolute atomic E-state index is 0.134. The molecule has 2 atom stereocenters. The molecule has 1 aliphatic carbocycles. The molecule has 6 heteroatoms. The first-order chi connectivity index (χ1) is 12.1. The molecule has 0 spiro atoms. The molecule has 1 aromatic heterocycles. The maximum Gasteiger partial charge on any atom is 0.223 e. The highest BCUT2D eigenvalue weighted by Gasteiger charge is 2.37. The average Bonchev–Trinajstić information content (AvgIpc) is 2.79. The molecule has 4 heterocycles. The molecule has 2 amide bonds. The van der Waals surface area contributed by atoms with Crippen LogP contribution in [-0.2, 0) is 28.9 Å². The molecule has 4 aliphatic rings. The predicted molar refractivity (Wildman–Crippen MR) is 94.0 cm³/mol. The quantitative estimate of drug-likeness (QED) is 0.907. The number of hydrogen-bond donors (Lipinski definition) is 1. The summed E-state index contributed by atoms with van der Waals surface area (Å²) in [6, 6.07) is 0.197. The fraction of sp³-hybridized carbons (Fsp3) is 0.737. The lowest BCUT2D eigenvalue weighted by molar-refractivity contribution is -0.136. The molecular formula is C19H28N4O2. The Bertz CT molecular complexity index is 668. The molecule has 1 aromatic rings. The number of amides is 2. The maximum atomic E-state index is 12.9. The number of H-pyrrole nitrogens is 1. The summed E-state index contributed by atoms with van der Waals surface area (Å²) in [5.41, 5.74) is 3.73. The summed E-state index contributed by atoms with van der Waals surface area (Å²) in [7, 11) is 0. The Hall–Kier alpha value is -1.85. The van der Waals surface area contributed by atoms with Crippen LogP contribution >= 0.6 is 0 Å². The van der Waals surface area contributed by atoms with Crippen LogP contribution in [0.2, 0.25) is 0 Å². The largest absolute Gasteiger partial charge is 0.341 e. The number of nitrogens with zero attached hydrogens (tertiary/aromatic N) is 3. The van der Waals surface area contributed by atoms with Gasteiger partial charge in [0.15, 0.2) is 0 Å². The van der Waals surface area contributed by atoms with Crippen molar-refractivity contribution in [1.29, 1.82) is 0 Å². The van der Waals surface area contributed by atoms with Crippen molar-refractivity contribution in [2.45, 2.75) is 64.3 Å². The summed E-state index contributed by atoms with van der Waals surface area (Å²) < 4.78 is 0. The Kier molecular flexibility index (Phi) is 4.52. The van der Waals surface area contributed by atoms with Crippen molar-refractivity contribution in [3.8, 4) is 0 Å². The molecular weight excluding hydrogens is 316 g/mol. The van der Waals surface area contributed by atoms with Gasteiger partial charge in [-0.05, 0) is 50.0 Å². The second-order valence-corrected chi connectivity index (χ2v) is 7.90. The maximum absolute atomic E-state index is 12.9. The third-order valence-electron chi connectivity index (χ3n) is 6.20. The summed E-state index contributed by atoms with van der Waals surface area (Å²) >= 11 is 0. The molecule has 0 aromatic carbocycles. The van der Waals surface area contributed by atoms with E-state index in [1.165, 1.54) is 24.1 Å². The predicted octanol–water partition coefficient (Wildman–Crippen LogP) is 1.69. The molecule has 5 rings (SSSR count). The highest BCUT2D eigenvalue weighted by molar-refractivity contribution is 5.78. The van der Waals surface area contributed by atoms with Crippen molar-refractivity contribution in [3.05, 3.63) is 17.0 Å². The summed E-state index contributed by atoms with van der Waals surface area (Å²) in [5.74, 6) is 0.798. The zero-order valence-corrected chi connectivity index (χ0v) is 15.1. The number of aromatic nitrogens is 2. The van der Waals surface area contributed by atoms with Gasteiger partial charge in [0.05, 0.1) is 5.69 Å². The summed E-state index contributed by atoms with van der Waals surface area (Å²) in [4.78, 5) is 28.6. The highest BCUT2D eigenvalue weighted by atomic mass is 16.2. The Labute approximate surface area is 148 Å². The monoisotopic (exact) mass is 344 g/mol. The summed E-state index contributed by atoms with van der Waals surface area (Å²) in [6.45, 7) is 3.96. The molecule has 1 N–H and O–H groups in total. The van der Waals surface area contributed by atoms with E-state index in [-0.39, 0.29) is 17.9 Å². The fourth-order valence-corrected chi connectivity index (χ4v) is 4.77. The number of aryl methyl sites for hydroxylation is 2. The number of fused-ring (bicyclic) bond motifs is 5. The summed E-state index contributed by atoms with van der Waals surface area (Å²) in [5, 5.41) is 7.63. The van der Waals surface area contributed by atoms with Gasteiger partial charge in [-0.2, -0.15) is 5.10 Å². The average molecular weight is 344 g/mol. The van der Waals surface area contributed by atoms with E-state index in [0.29, 0.717) is 18.9 Å². The minimum Gasteiger partial charge on any atom is -0.341 e. The SMILES string of the molecule is CC(=O)N1C[C@H]2CC[C@@H](C1)N(C(=O)CCc1n[nH]c3c1CCCC3)C2. The molecule has 2 bridgehead atoms. The molecule has 0 radical (unpaired) electrons. The zero-order valence-electron chi connectivity index (χ0n) is 15.1. The molecule has 0 unspecified atom stereocenters. The van der Waals surface area contributed by atoms with E-state index in [1.807, 2.05) is 4.90 Å². The van der Waals surface area contributed by atoms with Crippen LogP contribution in [0.5, 0.6) is 0 Å². The lowest BCUT2D eigenvalue weighted by atomic mass is 9.93. The first-order valence-corrected chi connectivity index (χ1v) is 9.72. The van der Waals surface area contributed by atoms with Gasteiger partial charge in [0.1, 0.15) is 0 Å². The number of carbonyl (C=O) groups is 2. The van der Waals surface area contributed by atoms with Crippen LogP contribution in [0, 0.1) is 5.92 Å². The lowest BCUT2D eigenvalue weighted by Crippen LogP contribution is -2.47. The van der Waals surface area contributed by atoms with Crippen LogP contribution < -0.4 is 0 Å². The molecule has 0 saturated carbocycles. The van der Waals surface area contributed by atoms with Crippen molar-refractivity contribution in [2.24, 2.45) is 5.92 Å². The number of hydrogen-bond acceptors (Lipinski definition) is 3. The second kappa shape index (κ2) is 6.81. The van der Waals surface area contributed by atoms with Crippen molar-refractivity contribution in [2.75, 3.05) is 19.6 Å². The topological polar surface area (TPSA) is 69.3 Å². The van der Waals surface area contributed by atoms with Gasteiger partial charge in [-0.25, -0.2) is 0 Å². The van der Waals surface area contributed by atoms with E-state index < -0.39 is 0 Å². The van der Waals surface area contributed by atoms with Crippen LogP contribution in [0.3, 0.4) is 0 Å². The molecule has 25 heavy (non-hydrogen) atoms. The highest BCUT2D eigenvalue weighted by Crippen LogP contribution is 2.29. The van der Waals surface area contributed by atoms with E-state index in [1.54, 1.807) is 6.92 Å². The van der Waals surface area contributed by atoms with Gasteiger partial charge in [0, 0.05) is 51.1 Å². The molecule has 3 fully saturated rings. The van der Waals surface area contributed by atoms with Crippen LogP contribution in [0.1, 0.15) is 56.0 Å². The standard InChI is InChI=1S/C19H28N4O2/c1-13(24)22-10-14-6-7-15(12-22)23(11-14)19(25)9-8-18-16-4-2-3-5-17(16)20-21-18/h14-15H,2-12H2,1H3,(H,20,21)/t14-,15+/m1/s1. The van der Waals surface area contributed by atoms with Crippen LogP contribution in [0.4, 0.5) is 0 Å². The number of aromatic amines is 1. The number of nitrogens with one attached hydrogen (secondary N) is 1. The van der Waals surface area contributed by atoms with Crippen LogP contribution in [0.25, 0.3) is 0 Å². The van der Waals surface area contributed by atoms with E-state index in [2.05, 4.69) is 15.1 Å². The van der Waals surface area contributed by atoms with Crippen molar-refractivity contribution >= 4 is 11.8 Å². The van der Waals surface area contributed by atoms with Crippen molar-refractivity contribution in [1.82, 2.24) is 20.0 Å². The van der Waals surface area contributed by atoms with Gasteiger partial charge in [-0.15, -0.1) is 0 Å². The van der Waals surface area contributed by atoms with Crippen LogP contribution in [-0.4, -0.2) is 57.5 Å². The Morgan fingerprint density at radius 3 is 2.84 bits per heavy atom. The minimum atomic E-state index is 0.134.